The summed E-state index contributed by atoms with van der Waals surface area (Å²) in [5.74, 6) is 0.256. The summed E-state index contributed by atoms with van der Waals surface area (Å²) in [6.07, 6.45) is 8.30. The van der Waals surface area contributed by atoms with Crippen molar-refractivity contribution in [2.75, 3.05) is 39.3 Å². The zero-order chi connectivity index (χ0) is 18.4. The van der Waals surface area contributed by atoms with Crippen LogP contribution in [-0.4, -0.2) is 60.9 Å². The SMILES string of the molecule is CCNC(=O)CN1CCCN(C(=O)c2cc3c(s2)CCCCCC3)CC1. The summed E-state index contributed by atoms with van der Waals surface area (Å²) in [5.41, 5.74) is 1.41. The van der Waals surface area contributed by atoms with E-state index < -0.39 is 0 Å². The lowest BCUT2D eigenvalue weighted by Crippen LogP contribution is -2.39. The first-order valence-corrected chi connectivity index (χ1v) is 10.9. The van der Waals surface area contributed by atoms with Gasteiger partial charge in [-0.15, -0.1) is 11.3 Å². The van der Waals surface area contributed by atoms with Crippen LogP contribution in [0.1, 0.15) is 59.1 Å². The number of hydrogen-bond donors (Lipinski definition) is 1. The fraction of sp³-hybridized carbons (Fsp3) is 0.700. The molecule has 0 saturated carbocycles. The maximum Gasteiger partial charge on any atom is 0.263 e. The van der Waals surface area contributed by atoms with E-state index in [4.69, 9.17) is 0 Å². The lowest BCUT2D eigenvalue weighted by Gasteiger charge is -2.21. The highest BCUT2D eigenvalue weighted by Gasteiger charge is 2.24. The van der Waals surface area contributed by atoms with E-state index in [-0.39, 0.29) is 11.8 Å². The Morgan fingerprint density at radius 3 is 2.65 bits per heavy atom. The number of rotatable bonds is 4. The molecule has 0 radical (unpaired) electrons. The first-order valence-electron chi connectivity index (χ1n) is 10.1. The van der Waals surface area contributed by atoms with Gasteiger partial charge in [0.15, 0.2) is 0 Å². The van der Waals surface area contributed by atoms with Crippen LogP contribution in [0.15, 0.2) is 6.07 Å². The Morgan fingerprint density at radius 2 is 1.85 bits per heavy atom. The normalized spacial score (nSPS) is 19.2. The van der Waals surface area contributed by atoms with Gasteiger partial charge in [0.2, 0.25) is 5.91 Å². The largest absolute Gasteiger partial charge is 0.355 e. The summed E-state index contributed by atoms with van der Waals surface area (Å²) in [4.78, 5) is 31.3. The van der Waals surface area contributed by atoms with Crippen molar-refractivity contribution in [2.45, 2.75) is 51.9 Å². The molecule has 0 aromatic carbocycles. The highest BCUT2D eigenvalue weighted by Crippen LogP contribution is 2.29. The minimum atomic E-state index is 0.0744. The Bertz CT molecular complexity index is 603. The summed E-state index contributed by atoms with van der Waals surface area (Å²) in [6, 6.07) is 2.16. The third-order valence-electron chi connectivity index (χ3n) is 5.32. The molecule has 2 heterocycles. The summed E-state index contributed by atoms with van der Waals surface area (Å²) in [6.45, 7) is 6.18. The fourth-order valence-electron chi connectivity index (χ4n) is 3.89. The van der Waals surface area contributed by atoms with Crippen LogP contribution < -0.4 is 5.32 Å². The molecule has 1 aromatic rings. The predicted molar refractivity (Wildman–Crippen MR) is 106 cm³/mol. The smallest absolute Gasteiger partial charge is 0.263 e. The average molecular weight is 378 g/mol. The molecule has 1 aromatic heterocycles. The Balaban J connectivity index is 1.59. The fourth-order valence-corrected chi connectivity index (χ4v) is 5.12. The van der Waals surface area contributed by atoms with Crippen LogP contribution in [-0.2, 0) is 17.6 Å². The molecule has 5 nitrogen and oxygen atoms in total. The Morgan fingerprint density at radius 1 is 1.04 bits per heavy atom. The van der Waals surface area contributed by atoms with Gasteiger partial charge in [-0.3, -0.25) is 14.5 Å². The molecule has 1 aliphatic heterocycles. The first kappa shape index (κ1) is 19.4. The number of fused-ring (bicyclic) bond motifs is 1. The molecule has 144 valence electrons. The second-order valence-corrected chi connectivity index (χ2v) is 8.49. The molecule has 0 atom stereocenters. The molecule has 26 heavy (non-hydrogen) atoms. The van der Waals surface area contributed by atoms with Crippen LogP contribution in [0.5, 0.6) is 0 Å². The van der Waals surface area contributed by atoms with Crippen molar-refractivity contribution in [3.05, 3.63) is 21.4 Å². The molecule has 6 heteroatoms. The zero-order valence-electron chi connectivity index (χ0n) is 15.9. The highest BCUT2D eigenvalue weighted by molar-refractivity contribution is 7.14. The van der Waals surface area contributed by atoms with Crippen LogP contribution in [0.25, 0.3) is 0 Å². The van der Waals surface area contributed by atoms with E-state index in [0.29, 0.717) is 19.6 Å². The summed E-state index contributed by atoms with van der Waals surface area (Å²) in [7, 11) is 0. The zero-order valence-corrected chi connectivity index (χ0v) is 16.7. The van der Waals surface area contributed by atoms with E-state index >= 15 is 0 Å². The van der Waals surface area contributed by atoms with Crippen molar-refractivity contribution in [1.82, 2.24) is 15.1 Å². The topological polar surface area (TPSA) is 52.7 Å². The van der Waals surface area contributed by atoms with Gasteiger partial charge >= 0.3 is 0 Å². The summed E-state index contributed by atoms with van der Waals surface area (Å²) in [5, 5.41) is 2.85. The number of carbonyl (C=O) groups excluding carboxylic acids is 2. The molecule has 0 spiro atoms. The maximum atomic E-state index is 13.0. The number of likely N-dealkylation sites (N-methyl/N-ethyl adjacent to an activating group) is 1. The molecule has 1 aliphatic carbocycles. The molecule has 1 fully saturated rings. The van der Waals surface area contributed by atoms with Crippen molar-refractivity contribution >= 4 is 23.2 Å². The van der Waals surface area contributed by atoms with Gasteiger partial charge in [0.25, 0.3) is 5.91 Å². The molecule has 1 saturated heterocycles. The second kappa shape index (κ2) is 9.51. The third-order valence-corrected chi connectivity index (χ3v) is 6.55. The maximum absolute atomic E-state index is 13.0. The number of nitrogens with zero attached hydrogens (tertiary/aromatic N) is 2. The van der Waals surface area contributed by atoms with Gasteiger partial charge in [-0.2, -0.15) is 0 Å². The first-order chi connectivity index (χ1) is 12.7. The molecular formula is C20H31N3O2S. The van der Waals surface area contributed by atoms with Crippen molar-refractivity contribution in [3.63, 3.8) is 0 Å². The number of amides is 2. The molecule has 3 rings (SSSR count). The van der Waals surface area contributed by atoms with E-state index in [9.17, 15) is 9.59 Å². The van der Waals surface area contributed by atoms with E-state index in [2.05, 4.69) is 16.3 Å². The van der Waals surface area contributed by atoms with Crippen molar-refractivity contribution < 1.29 is 9.59 Å². The Hall–Kier alpha value is -1.40. The molecule has 0 bridgehead atoms. The van der Waals surface area contributed by atoms with Crippen LogP contribution in [0.4, 0.5) is 0 Å². The lowest BCUT2D eigenvalue weighted by molar-refractivity contribution is -0.122. The second-order valence-electron chi connectivity index (χ2n) is 7.35. The summed E-state index contributed by atoms with van der Waals surface area (Å²) < 4.78 is 0. The lowest BCUT2D eigenvalue weighted by atomic mass is 10.00. The number of thiophene rings is 1. The molecule has 1 N–H and O–H groups in total. The summed E-state index contributed by atoms with van der Waals surface area (Å²) >= 11 is 1.72. The van der Waals surface area contributed by atoms with Gasteiger partial charge in [-0.25, -0.2) is 0 Å². The minimum absolute atomic E-state index is 0.0744. The minimum Gasteiger partial charge on any atom is -0.355 e. The van der Waals surface area contributed by atoms with Gasteiger partial charge < -0.3 is 10.2 Å². The van der Waals surface area contributed by atoms with Gasteiger partial charge in [-0.05, 0) is 50.7 Å². The van der Waals surface area contributed by atoms with Gasteiger partial charge in [-0.1, -0.05) is 12.8 Å². The third kappa shape index (κ3) is 5.07. The van der Waals surface area contributed by atoms with E-state index in [1.165, 1.54) is 36.1 Å². The van der Waals surface area contributed by atoms with Gasteiger partial charge in [0.05, 0.1) is 11.4 Å². The van der Waals surface area contributed by atoms with Gasteiger partial charge in [0.1, 0.15) is 0 Å². The van der Waals surface area contributed by atoms with Crippen LogP contribution in [0.3, 0.4) is 0 Å². The van der Waals surface area contributed by atoms with Crippen LogP contribution in [0, 0.1) is 0 Å². The van der Waals surface area contributed by atoms with Gasteiger partial charge in [0, 0.05) is 37.6 Å². The van der Waals surface area contributed by atoms with Crippen LogP contribution in [0.2, 0.25) is 0 Å². The van der Waals surface area contributed by atoms with E-state index in [1.807, 2.05) is 11.8 Å². The standard InChI is InChI=1S/C20H31N3O2S/c1-2-21-19(24)15-22-10-7-11-23(13-12-22)20(25)18-14-16-8-5-3-4-6-9-17(16)26-18/h14H,2-13,15H2,1H3,(H,21,24). The van der Waals surface area contributed by atoms with Crippen molar-refractivity contribution in [2.24, 2.45) is 0 Å². The van der Waals surface area contributed by atoms with E-state index in [1.54, 1.807) is 11.3 Å². The van der Waals surface area contributed by atoms with Crippen molar-refractivity contribution in [3.8, 4) is 0 Å². The highest BCUT2D eigenvalue weighted by atomic mass is 32.1. The Labute approximate surface area is 160 Å². The quantitative estimate of drug-likeness (QED) is 0.878. The number of hydrogen-bond acceptors (Lipinski definition) is 4. The molecular weight excluding hydrogens is 346 g/mol. The van der Waals surface area contributed by atoms with Crippen LogP contribution >= 0.6 is 11.3 Å². The molecule has 2 aliphatic rings. The Kier molecular flexibility index (Phi) is 7.08. The predicted octanol–water partition coefficient (Wildman–Crippen LogP) is 2.69. The number of nitrogens with one attached hydrogen (secondary N) is 1. The molecule has 2 amide bonds. The average Bonchev–Trinajstić information content (AvgIpc) is 2.84. The number of carbonyl (C=O) groups is 2. The number of aryl methyl sites for hydroxylation is 2. The monoisotopic (exact) mass is 377 g/mol. The van der Waals surface area contributed by atoms with Crippen molar-refractivity contribution in [1.29, 1.82) is 0 Å². The van der Waals surface area contributed by atoms with E-state index in [0.717, 1.165) is 43.8 Å². The molecule has 0 unspecified atom stereocenters.